The Morgan fingerprint density at radius 3 is 2.50 bits per heavy atom. The Kier molecular flexibility index (Phi) is 5.80. The number of carbonyl (C=O) groups excluding carboxylic acids is 1. The second-order valence-corrected chi connectivity index (χ2v) is 5.35. The van der Waals surface area contributed by atoms with Gasteiger partial charge in [0.15, 0.2) is 0 Å². The molecular weight excluding hydrogens is 256 g/mol. The van der Waals surface area contributed by atoms with Crippen molar-refractivity contribution >= 4 is 16.1 Å². The molecule has 0 unspecified atom stereocenters. The van der Waals surface area contributed by atoms with Crippen LogP contribution in [0, 0.1) is 0 Å². The van der Waals surface area contributed by atoms with E-state index in [1.54, 1.807) is 30.3 Å². The summed E-state index contributed by atoms with van der Waals surface area (Å²) < 4.78 is 27.2. The molecule has 1 aromatic carbocycles. The van der Waals surface area contributed by atoms with Crippen molar-refractivity contribution in [2.75, 3.05) is 0 Å². The van der Waals surface area contributed by atoms with E-state index < -0.39 is 16.1 Å². The van der Waals surface area contributed by atoms with E-state index in [1.165, 1.54) is 0 Å². The molecule has 1 rings (SSSR count). The van der Waals surface area contributed by atoms with E-state index >= 15 is 0 Å². The molecule has 0 radical (unpaired) electrons. The van der Waals surface area contributed by atoms with Gasteiger partial charge in [-0.05, 0) is 12.0 Å². The van der Waals surface area contributed by atoms with Crippen molar-refractivity contribution in [1.82, 2.24) is 0 Å². The Morgan fingerprint density at radius 2 is 1.89 bits per heavy atom. The monoisotopic (exact) mass is 272 g/mol. The number of rotatable bonds is 7. The summed E-state index contributed by atoms with van der Waals surface area (Å²) in [5, 5.41) is 0. The average molecular weight is 272 g/mol. The molecule has 0 aliphatic heterocycles. The summed E-state index contributed by atoms with van der Waals surface area (Å²) in [6, 6.07) is 8.53. The topological polar surface area (TPSA) is 69.7 Å². The second kappa shape index (κ2) is 7.13. The normalized spacial score (nSPS) is 11.2. The first-order valence-electron chi connectivity index (χ1n) is 5.69. The summed E-state index contributed by atoms with van der Waals surface area (Å²) in [5.74, 6) is -0.997. The van der Waals surface area contributed by atoms with Crippen molar-refractivity contribution in [3.8, 4) is 0 Å². The molecular formula is C12H16O5S. The standard InChI is InChI=1S/C12H16O5S/c1-2-3-9-12(13)16-17-18(14,15)10-11-7-5-4-6-8-11/h4-8H,2-3,9-10H2,1H3. The zero-order valence-electron chi connectivity index (χ0n) is 10.2. The first-order chi connectivity index (χ1) is 8.53. The van der Waals surface area contributed by atoms with Crippen LogP contribution in [0.4, 0.5) is 0 Å². The van der Waals surface area contributed by atoms with Crippen LogP contribution in [0.15, 0.2) is 30.3 Å². The maximum Gasteiger partial charge on any atom is 0.343 e. The summed E-state index contributed by atoms with van der Waals surface area (Å²) in [4.78, 5) is 15.3. The van der Waals surface area contributed by atoms with E-state index in [1.807, 2.05) is 6.92 Å². The van der Waals surface area contributed by atoms with E-state index in [2.05, 4.69) is 9.22 Å². The zero-order chi connectivity index (χ0) is 13.4. The fraction of sp³-hybridized carbons (Fsp3) is 0.417. The number of unbranched alkanes of at least 4 members (excludes halogenated alkanes) is 1. The highest BCUT2D eigenvalue weighted by Crippen LogP contribution is 2.08. The van der Waals surface area contributed by atoms with E-state index in [0.29, 0.717) is 12.0 Å². The number of hydrogen-bond donors (Lipinski definition) is 0. The van der Waals surface area contributed by atoms with Crippen LogP contribution >= 0.6 is 0 Å². The highest BCUT2D eigenvalue weighted by atomic mass is 32.2. The minimum Gasteiger partial charge on any atom is -0.281 e. The van der Waals surface area contributed by atoms with Crippen LogP contribution < -0.4 is 0 Å². The molecule has 5 nitrogen and oxygen atoms in total. The van der Waals surface area contributed by atoms with Gasteiger partial charge in [-0.25, -0.2) is 4.79 Å². The predicted molar refractivity (Wildman–Crippen MR) is 65.8 cm³/mol. The molecule has 0 saturated carbocycles. The van der Waals surface area contributed by atoms with Gasteiger partial charge in [0.05, 0.1) is 0 Å². The van der Waals surface area contributed by atoms with E-state index in [0.717, 1.165) is 6.42 Å². The van der Waals surface area contributed by atoms with Crippen molar-refractivity contribution < 1.29 is 22.4 Å². The van der Waals surface area contributed by atoms with E-state index in [9.17, 15) is 13.2 Å². The fourth-order valence-electron chi connectivity index (χ4n) is 1.25. The number of benzene rings is 1. The van der Waals surface area contributed by atoms with Gasteiger partial charge >= 0.3 is 16.1 Å². The van der Waals surface area contributed by atoms with Crippen molar-refractivity contribution in [3.05, 3.63) is 35.9 Å². The third-order valence-corrected chi connectivity index (χ3v) is 3.11. The molecule has 0 N–H and O–H groups in total. The smallest absolute Gasteiger partial charge is 0.281 e. The molecule has 1 aromatic rings. The summed E-state index contributed by atoms with van der Waals surface area (Å²) in [5.41, 5.74) is 0.571. The average Bonchev–Trinajstić information content (AvgIpc) is 2.35. The predicted octanol–water partition coefficient (Wildman–Crippen LogP) is 2.18. The van der Waals surface area contributed by atoms with Gasteiger partial charge in [0.25, 0.3) is 0 Å². The van der Waals surface area contributed by atoms with E-state index in [-0.39, 0.29) is 12.2 Å². The Balaban J connectivity index is 2.43. The summed E-state index contributed by atoms with van der Waals surface area (Å²) >= 11 is 0. The lowest BCUT2D eigenvalue weighted by Gasteiger charge is -2.04. The van der Waals surface area contributed by atoms with Crippen molar-refractivity contribution in [3.63, 3.8) is 0 Å². The molecule has 0 atom stereocenters. The van der Waals surface area contributed by atoms with Gasteiger partial charge in [-0.3, -0.25) is 4.89 Å². The maximum atomic E-state index is 11.5. The Bertz CT molecular complexity index is 467. The van der Waals surface area contributed by atoms with Crippen LogP contribution in [0.3, 0.4) is 0 Å². The second-order valence-electron chi connectivity index (χ2n) is 3.81. The SMILES string of the molecule is CCCCC(=O)OOS(=O)(=O)Cc1ccccc1. The van der Waals surface area contributed by atoms with Crippen LogP contribution in [-0.2, 0) is 29.9 Å². The first-order valence-corrected chi connectivity index (χ1v) is 7.27. The van der Waals surface area contributed by atoms with Gasteiger partial charge in [-0.1, -0.05) is 48.0 Å². The van der Waals surface area contributed by atoms with Crippen molar-refractivity contribution in [2.45, 2.75) is 31.9 Å². The largest absolute Gasteiger partial charge is 0.343 e. The Morgan fingerprint density at radius 1 is 1.22 bits per heavy atom. The van der Waals surface area contributed by atoms with Crippen LogP contribution in [0.1, 0.15) is 31.7 Å². The third kappa shape index (κ3) is 5.79. The first kappa shape index (κ1) is 14.7. The molecule has 0 amide bonds. The summed E-state index contributed by atoms with van der Waals surface area (Å²) in [6.45, 7) is 1.92. The molecule has 0 aliphatic rings. The van der Waals surface area contributed by atoms with Gasteiger partial charge in [0, 0.05) is 6.42 Å². The molecule has 0 aromatic heterocycles. The van der Waals surface area contributed by atoms with E-state index in [4.69, 9.17) is 0 Å². The van der Waals surface area contributed by atoms with Crippen molar-refractivity contribution in [1.29, 1.82) is 0 Å². The van der Waals surface area contributed by atoms with Crippen LogP contribution in [0.2, 0.25) is 0 Å². The summed E-state index contributed by atoms with van der Waals surface area (Å²) in [6.07, 6.45) is 1.62. The number of carbonyl (C=O) groups is 1. The summed E-state index contributed by atoms with van der Waals surface area (Å²) in [7, 11) is -3.90. The Labute approximate surface area is 107 Å². The molecule has 0 fully saturated rings. The van der Waals surface area contributed by atoms with Gasteiger partial charge in [-0.2, -0.15) is 8.42 Å². The molecule has 100 valence electrons. The molecule has 18 heavy (non-hydrogen) atoms. The molecule has 0 aliphatic carbocycles. The maximum absolute atomic E-state index is 11.5. The lowest BCUT2D eigenvalue weighted by Crippen LogP contribution is -2.13. The molecule has 0 bridgehead atoms. The van der Waals surface area contributed by atoms with Crippen LogP contribution in [0.5, 0.6) is 0 Å². The number of hydrogen-bond acceptors (Lipinski definition) is 5. The third-order valence-electron chi connectivity index (χ3n) is 2.15. The minimum atomic E-state index is -3.90. The quantitative estimate of drug-likeness (QED) is 0.562. The highest BCUT2D eigenvalue weighted by molar-refractivity contribution is 7.85. The lowest BCUT2D eigenvalue weighted by molar-refractivity contribution is -0.211. The fourth-order valence-corrected chi connectivity index (χ4v) is 2.08. The minimum absolute atomic E-state index is 0.150. The highest BCUT2D eigenvalue weighted by Gasteiger charge is 2.16. The van der Waals surface area contributed by atoms with Crippen LogP contribution in [0.25, 0.3) is 0 Å². The van der Waals surface area contributed by atoms with Crippen LogP contribution in [-0.4, -0.2) is 14.4 Å². The van der Waals surface area contributed by atoms with Gasteiger partial charge in [0.2, 0.25) is 0 Å². The Hall–Kier alpha value is -1.40. The lowest BCUT2D eigenvalue weighted by atomic mass is 10.2. The molecule has 0 heterocycles. The van der Waals surface area contributed by atoms with Crippen molar-refractivity contribution in [2.24, 2.45) is 0 Å². The van der Waals surface area contributed by atoms with Gasteiger partial charge in [0.1, 0.15) is 5.75 Å². The molecule has 0 saturated heterocycles. The zero-order valence-corrected chi connectivity index (χ0v) is 11.0. The molecule has 6 heteroatoms. The van der Waals surface area contributed by atoms with Gasteiger partial charge in [-0.15, -0.1) is 0 Å². The van der Waals surface area contributed by atoms with Gasteiger partial charge < -0.3 is 0 Å². The molecule has 0 spiro atoms.